The van der Waals surface area contributed by atoms with Crippen molar-refractivity contribution in [1.29, 1.82) is 5.26 Å². The monoisotopic (exact) mass is 354 g/mol. The fraction of sp³-hybridized carbons (Fsp3) is 0.450. The molecule has 25 heavy (non-hydrogen) atoms. The van der Waals surface area contributed by atoms with Gasteiger partial charge in [0, 0.05) is 10.9 Å². The molecule has 1 aromatic carbocycles. The third-order valence-corrected chi connectivity index (χ3v) is 5.95. The quantitative estimate of drug-likeness (QED) is 0.868. The zero-order chi connectivity index (χ0) is 17.6. The molecule has 0 saturated heterocycles. The van der Waals surface area contributed by atoms with E-state index in [1.165, 1.54) is 48.3 Å². The fourth-order valence-electron chi connectivity index (χ4n) is 3.54. The average Bonchev–Trinajstić information content (AvgIpc) is 3.13. The molecule has 0 aliphatic heterocycles. The van der Waals surface area contributed by atoms with E-state index in [2.05, 4.69) is 18.1 Å². The molecule has 2 atom stereocenters. The van der Waals surface area contributed by atoms with Gasteiger partial charge in [-0.25, -0.2) is 4.98 Å². The fourth-order valence-corrected chi connectivity index (χ4v) is 4.44. The summed E-state index contributed by atoms with van der Waals surface area (Å²) in [5, 5.41) is 12.1. The van der Waals surface area contributed by atoms with E-state index in [1.54, 1.807) is 0 Å². The summed E-state index contributed by atoms with van der Waals surface area (Å²) in [5.74, 6) is -0.763. The second kappa shape index (κ2) is 8.37. The number of thiazole rings is 1. The average molecular weight is 354 g/mol. The van der Waals surface area contributed by atoms with E-state index in [-0.39, 0.29) is 5.78 Å². The predicted octanol–water partition coefficient (Wildman–Crippen LogP) is 2.83. The Kier molecular flexibility index (Phi) is 5.95. The molecule has 1 unspecified atom stereocenters. The highest BCUT2D eigenvalue weighted by Gasteiger charge is 2.29. The molecule has 4 nitrogen and oxygen atoms in total. The van der Waals surface area contributed by atoms with Crippen molar-refractivity contribution < 1.29 is 9.69 Å². The molecular weight excluding hydrogens is 330 g/mol. The summed E-state index contributed by atoms with van der Waals surface area (Å²) < 4.78 is 0. The first-order valence-corrected chi connectivity index (χ1v) is 9.82. The zero-order valence-electron chi connectivity index (χ0n) is 14.6. The molecule has 1 fully saturated rings. The van der Waals surface area contributed by atoms with Crippen LogP contribution in [0.15, 0.2) is 35.7 Å². The normalized spacial score (nSPS) is 17.6. The van der Waals surface area contributed by atoms with Crippen molar-refractivity contribution >= 4 is 17.1 Å². The van der Waals surface area contributed by atoms with Gasteiger partial charge in [0.15, 0.2) is 5.92 Å². The second-order valence-corrected chi connectivity index (χ2v) is 7.71. The van der Waals surface area contributed by atoms with E-state index in [4.69, 9.17) is 0 Å². The van der Waals surface area contributed by atoms with E-state index >= 15 is 0 Å². The molecule has 5 heteroatoms. The summed E-state index contributed by atoms with van der Waals surface area (Å²) in [6.45, 7) is 0.406. The highest BCUT2D eigenvalue weighted by Crippen LogP contribution is 2.26. The van der Waals surface area contributed by atoms with Crippen LogP contribution in [0.3, 0.4) is 0 Å². The molecular formula is C20H24N3OS+. The summed E-state index contributed by atoms with van der Waals surface area (Å²) in [6, 6.07) is 12.6. The Morgan fingerprint density at radius 2 is 2.04 bits per heavy atom. The Morgan fingerprint density at radius 1 is 1.32 bits per heavy atom. The Morgan fingerprint density at radius 3 is 2.72 bits per heavy atom. The number of Topliss-reactive ketones (excluding diaryl/α,β-unsaturated/α-hetero) is 1. The lowest BCUT2D eigenvalue weighted by Gasteiger charge is -2.28. The standard InChI is InChI=1S/C20H23N3OS/c1-23(16-10-6-3-7-11-16)13-19(24)17(12-21)20-22-18(14-25-20)15-8-4-2-5-9-15/h2,4-5,8-9,14,16-17H,3,6-7,10-11,13H2,1H3/p+1/t17-/m0/s1. The summed E-state index contributed by atoms with van der Waals surface area (Å²) in [4.78, 5) is 18.5. The molecule has 1 aliphatic carbocycles. The number of hydrogen-bond donors (Lipinski definition) is 1. The lowest BCUT2D eigenvalue weighted by molar-refractivity contribution is -0.899. The van der Waals surface area contributed by atoms with Crippen molar-refractivity contribution in [1.82, 2.24) is 4.98 Å². The van der Waals surface area contributed by atoms with E-state index in [9.17, 15) is 10.1 Å². The molecule has 0 amide bonds. The summed E-state index contributed by atoms with van der Waals surface area (Å²) in [6.07, 6.45) is 6.19. The summed E-state index contributed by atoms with van der Waals surface area (Å²) >= 11 is 1.40. The van der Waals surface area contributed by atoms with Gasteiger partial charge in [0.05, 0.1) is 24.9 Å². The highest BCUT2D eigenvalue weighted by atomic mass is 32.1. The van der Waals surface area contributed by atoms with Crippen LogP contribution in [0.2, 0.25) is 0 Å². The van der Waals surface area contributed by atoms with Crippen molar-refractivity contribution in [3.63, 3.8) is 0 Å². The minimum atomic E-state index is -0.749. The van der Waals surface area contributed by atoms with Gasteiger partial charge in [-0.3, -0.25) is 4.79 Å². The van der Waals surface area contributed by atoms with Gasteiger partial charge in [0.25, 0.3) is 0 Å². The van der Waals surface area contributed by atoms with E-state index in [0.29, 0.717) is 17.6 Å². The topological polar surface area (TPSA) is 58.2 Å². The molecule has 0 spiro atoms. The van der Waals surface area contributed by atoms with Crippen molar-refractivity contribution in [2.24, 2.45) is 0 Å². The number of nitriles is 1. The number of likely N-dealkylation sites (N-methyl/N-ethyl adjacent to an activating group) is 1. The Hall–Kier alpha value is -2.03. The number of hydrogen-bond acceptors (Lipinski definition) is 4. The van der Waals surface area contributed by atoms with Gasteiger partial charge in [-0.2, -0.15) is 5.26 Å². The number of rotatable bonds is 6. The smallest absolute Gasteiger partial charge is 0.210 e. The number of nitrogens with zero attached hydrogens (tertiary/aromatic N) is 2. The van der Waals surface area contributed by atoms with Crippen LogP contribution >= 0.6 is 11.3 Å². The van der Waals surface area contributed by atoms with Gasteiger partial charge in [-0.15, -0.1) is 11.3 Å². The van der Waals surface area contributed by atoms with Gasteiger partial charge in [0.2, 0.25) is 5.78 Å². The first-order chi connectivity index (χ1) is 12.2. The zero-order valence-corrected chi connectivity index (χ0v) is 15.4. The molecule has 0 radical (unpaired) electrons. The van der Waals surface area contributed by atoms with Crippen LogP contribution in [0, 0.1) is 11.3 Å². The highest BCUT2D eigenvalue weighted by molar-refractivity contribution is 7.10. The number of carbonyl (C=O) groups is 1. The van der Waals surface area contributed by atoms with Crippen LogP contribution in [0.25, 0.3) is 11.3 Å². The van der Waals surface area contributed by atoms with Gasteiger partial charge in [-0.05, 0) is 25.7 Å². The molecule has 1 aromatic heterocycles. The minimum Gasteiger partial charge on any atom is -0.329 e. The van der Waals surface area contributed by atoms with Gasteiger partial charge >= 0.3 is 0 Å². The molecule has 0 bridgehead atoms. The predicted molar refractivity (Wildman–Crippen MR) is 99.5 cm³/mol. The number of nitrogens with one attached hydrogen (secondary N) is 1. The Labute approximate surface area is 153 Å². The molecule has 1 saturated carbocycles. The van der Waals surface area contributed by atoms with Crippen molar-refractivity contribution in [2.75, 3.05) is 13.6 Å². The lowest BCUT2D eigenvalue weighted by Crippen LogP contribution is -3.14. The minimum absolute atomic E-state index is 0.0143. The number of aromatic nitrogens is 1. The largest absolute Gasteiger partial charge is 0.329 e. The molecule has 1 aliphatic rings. The van der Waals surface area contributed by atoms with Crippen molar-refractivity contribution in [3.05, 3.63) is 40.7 Å². The SMILES string of the molecule is C[NH+](CC(=O)[C@H](C#N)c1nc(-c2ccccc2)cs1)C1CCCCC1. The molecule has 1 N–H and O–H groups in total. The number of carbonyl (C=O) groups excluding carboxylic acids is 1. The van der Waals surface area contributed by atoms with Crippen LogP contribution in [0.4, 0.5) is 0 Å². The maximum Gasteiger partial charge on any atom is 0.210 e. The van der Waals surface area contributed by atoms with E-state index < -0.39 is 5.92 Å². The van der Waals surface area contributed by atoms with Crippen molar-refractivity contribution in [2.45, 2.75) is 44.1 Å². The van der Waals surface area contributed by atoms with Crippen LogP contribution in [-0.2, 0) is 4.79 Å². The number of ketones is 1. The van der Waals surface area contributed by atoms with Gasteiger partial charge in [-0.1, -0.05) is 36.8 Å². The van der Waals surface area contributed by atoms with Crippen LogP contribution in [0.5, 0.6) is 0 Å². The Balaban J connectivity index is 1.68. The van der Waals surface area contributed by atoms with E-state index in [0.717, 1.165) is 11.3 Å². The number of quaternary nitrogens is 1. The Bertz CT molecular complexity index is 744. The molecule has 130 valence electrons. The number of benzene rings is 1. The first-order valence-electron chi connectivity index (χ1n) is 8.94. The lowest BCUT2D eigenvalue weighted by atomic mass is 9.94. The first kappa shape index (κ1) is 17.8. The van der Waals surface area contributed by atoms with Gasteiger partial charge < -0.3 is 4.90 Å². The van der Waals surface area contributed by atoms with Gasteiger partial charge in [0.1, 0.15) is 11.6 Å². The molecule has 3 rings (SSSR count). The van der Waals surface area contributed by atoms with Crippen LogP contribution in [0.1, 0.15) is 43.0 Å². The summed E-state index contributed by atoms with van der Waals surface area (Å²) in [7, 11) is 2.08. The molecule has 1 heterocycles. The van der Waals surface area contributed by atoms with Crippen molar-refractivity contribution in [3.8, 4) is 17.3 Å². The third-order valence-electron chi connectivity index (χ3n) is 5.04. The third kappa shape index (κ3) is 4.33. The van der Waals surface area contributed by atoms with Crippen LogP contribution in [-0.4, -0.2) is 30.4 Å². The molecule has 2 aromatic rings. The second-order valence-electron chi connectivity index (χ2n) is 6.82. The maximum absolute atomic E-state index is 12.7. The van der Waals surface area contributed by atoms with E-state index in [1.807, 2.05) is 35.7 Å². The summed E-state index contributed by atoms with van der Waals surface area (Å²) in [5.41, 5.74) is 1.85. The van der Waals surface area contributed by atoms with Crippen LogP contribution < -0.4 is 4.90 Å². The maximum atomic E-state index is 12.7.